The zero-order valence-corrected chi connectivity index (χ0v) is 12.0. The fraction of sp³-hybridized carbons (Fsp3) is 0.429. The molecule has 102 valence electrons. The van der Waals surface area contributed by atoms with Gasteiger partial charge in [0.2, 0.25) is 5.91 Å². The van der Waals surface area contributed by atoms with Crippen molar-refractivity contribution in [1.82, 2.24) is 10.2 Å². The highest BCUT2D eigenvalue weighted by Gasteiger charge is 2.29. The molecule has 2 rings (SSSR count). The molecule has 1 aromatic carbocycles. The van der Waals surface area contributed by atoms with Crippen LogP contribution in [0.4, 0.5) is 4.79 Å². The van der Waals surface area contributed by atoms with Gasteiger partial charge in [0.1, 0.15) is 0 Å². The number of urea groups is 1. The van der Waals surface area contributed by atoms with Crippen LogP contribution in [0.2, 0.25) is 0 Å². The van der Waals surface area contributed by atoms with E-state index >= 15 is 0 Å². The first-order chi connectivity index (χ1) is 9.09. The average Bonchev–Trinajstić information content (AvgIpc) is 2.83. The van der Waals surface area contributed by atoms with Crippen LogP contribution in [0, 0.1) is 6.92 Å². The number of amides is 3. The predicted molar refractivity (Wildman–Crippen MR) is 77.0 cm³/mol. The molecule has 0 radical (unpaired) electrons. The van der Waals surface area contributed by atoms with E-state index in [0.717, 1.165) is 5.75 Å². The molecule has 1 heterocycles. The average molecular weight is 278 g/mol. The second-order valence-corrected chi connectivity index (χ2v) is 5.93. The Hall–Kier alpha value is -1.49. The minimum Gasteiger partial charge on any atom is -0.336 e. The standard InChI is InChI=1S/C14H18N2O2S/c1-10-5-3-4-6-12(10)9-19-11(2)13(17)16-8-7-15-14(16)18/h3-6,11H,7-9H2,1-2H3,(H,15,18)/t11-/m1/s1. The third-order valence-corrected chi connectivity index (χ3v) is 4.40. The van der Waals surface area contributed by atoms with Crippen LogP contribution in [-0.4, -0.2) is 35.2 Å². The van der Waals surface area contributed by atoms with Crippen LogP contribution < -0.4 is 5.32 Å². The van der Waals surface area contributed by atoms with Crippen molar-refractivity contribution in [2.45, 2.75) is 24.9 Å². The zero-order chi connectivity index (χ0) is 13.8. The normalized spacial score (nSPS) is 16.3. The molecule has 1 aromatic rings. The topological polar surface area (TPSA) is 49.4 Å². The fourth-order valence-corrected chi connectivity index (χ4v) is 2.98. The summed E-state index contributed by atoms with van der Waals surface area (Å²) in [6.45, 7) is 4.96. The number of hydrogen-bond acceptors (Lipinski definition) is 3. The molecular weight excluding hydrogens is 260 g/mol. The van der Waals surface area contributed by atoms with E-state index in [1.54, 1.807) is 11.8 Å². The van der Waals surface area contributed by atoms with Crippen molar-refractivity contribution >= 4 is 23.7 Å². The Morgan fingerprint density at radius 1 is 1.47 bits per heavy atom. The van der Waals surface area contributed by atoms with E-state index < -0.39 is 0 Å². The molecule has 5 heteroatoms. The lowest BCUT2D eigenvalue weighted by Gasteiger charge is -2.17. The minimum atomic E-state index is -0.270. The number of aryl methyl sites for hydroxylation is 1. The fourth-order valence-electron chi connectivity index (χ4n) is 1.96. The molecule has 0 aliphatic carbocycles. The summed E-state index contributed by atoms with van der Waals surface area (Å²) < 4.78 is 0. The molecule has 19 heavy (non-hydrogen) atoms. The lowest BCUT2D eigenvalue weighted by atomic mass is 10.1. The molecule has 1 N–H and O–H groups in total. The molecule has 0 aromatic heterocycles. The van der Waals surface area contributed by atoms with Crippen LogP contribution in [0.5, 0.6) is 0 Å². The summed E-state index contributed by atoms with van der Waals surface area (Å²) >= 11 is 1.57. The lowest BCUT2D eigenvalue weighted by Crippen LogP contribution is -2.39. The van der Waals surface area contributed by atoms with Crippen molar-refractivity contribution in [3.05, 3.63) is 35.4 Å². The van der Waals surface area contributed by atoms with Crippen molar-refractivity contribution < 1.29 is 9.59 Å². The van der Waals surface area contributed by atoms with E-state index in [2.05, 4.69) is 24.4 Å². The Morgan fingerprint density at radius 3 is 2.84 bits per heavy atom. The molecule has 1 saturated heterocycles. The van der Waals surface area contributed by atoms with E-state index in [4.69, 9.17) is 0 Å². The van der Waals surface area contributed by atoms with Crippen LogP contribution >= 0.6 is 11.8 Å². The third-order valence-electron chi connectivity index (χ3n) is 3.22. The van der Waals surface area contributed by atoms with E-state index in [0.29, 0.717) is 13.1 Å². The Balaban J connectivity index is 1.91. The van der Waals surface area contributed by atoms with Crippen LogP contribution in [0.1, 0.15) is 18.1 Å². The van der Waals surface area contributed by atoms with Crippen molar-refractivity contribution in [2.24, 2.45) is 0 Å². The van der Waals surface area contributed by atoms with Crippen LogP contribution in [-0.2, 0) is 10.5 Å². The van der Waals surface area contributed by atoms with Gasteiger partial charge in [-0.05, 0) is 25.0 Å². The summed E-state index contributed by atoms with van der Waals surface area (Å²) in [6.07, 6.45) is 0. The number of nitrogens with one attached hydrogen (secondary N) is 1. The van der Waals surface area contributed by atoms with Crippen molar-refractivity contribution in [3.63, 3.8) is 0 Å². The molecule has 1 aliphatic rings. The molecule has 1 fully saturated rings. The number of benzene rings is 1. The highest BCUT2D eigenvalue weighted by Crippen LogP contribution is 2.21. The molecule has 1 aliphatic heterocycles. The van der Waals surface area contributed by atoms with E-state index in [9.17, 15) is 9.59 Å². The highest BCUT2D eigenvalue weighted by molar-refractivity contribution is 7.99. The summed E-state index contributed by atoms with van der Waals surface area (Å²) in [6, 6.07) is 7.88. The minimum absolute atomic E-state index is 0.103. The predicted octanol–water partition coefficient (Wildman–Crippen LogP) is 2.17. The number of carbonyl (C=O) groups excluding carboxylic acids is 2. The van der Waals surface area contributed by atoms with Crippen molar-refractivity contribution in [3.8, 4) is 0 Å². The molecular formula is C14H18N2O2S. The summed E-state index contributed by atoms with van der Waals surface area (Å²) in [5, 5.41) is 2.44. The molecule has 0 unspecified atom stereocenters. The van der Waals surface area contributed by atoms with Gasteiger partial charge in [0.15, 0.2) is 0 Å². The summed E-state index contributed by atoms with van der Waals surface area (Å²) in [7, 11) is 0. The van der Waals surface area contributed by atoms with Crippen LogP contribution in [0.15, 0.2) is 24.3 Å². The number of nitrogens with zero attached hydrogens (tertiary/aromatic N) is 1. The molecule has 0 bridgehead atoms. The maximum Gasteiger partial charge on any atom is 0.324 e. The molecule has 0 spiro atoms. The van der Waals surface area contributed by atoms with E-state index in [1.165, 1.54) is 16.0 Å². The molecule has 3 amide bonds. The third kappa shape index (κ3) is 3.29. The largest absolute Gasteiger partial charge is 0.336 e. The maximum absolute atomic E-state index is 12.1. The van der Waals surface area contributed by atoms with Crippen LogP contribution in [0.3, 0.4) is 0 Å². The van der Waals surface area contributed by atoms with Gasteiger partial charge in [-0.25, -0.2) is 4.79 Å². The summed E-state index contributed by atoms with van der Waals surface area (Å²) in [4.78, 5) is 24.8. The van der Waals surface area contributed by atoms with Crippen LogP contribution in [0.25, 0.3) is 0 Å². The second-order valence-electron chi connectivity index (χ2n) is 4.60. The van der Waals surface area contributed by atoms with Gasteiger partial charge in [-0.3, -0.25) is 9.69 Å². The first-order valence-electron chi connectivity index (χ1n) is 6.35. The van der Waals surface area contributed by atoms with Crippen molar-refractivity contribution in [1.29, 1.82) is 0 Å². The Bertz CT molecular complexity index is 490. The van der Waals surface area contributed by atoms with Gasteiger partial charge >= 0.3 is 6.03 Å². The summed E-state index contributed by atoms with van der Waals surface area (Å²) in [5.41, 5.74) is 2.46. The smallest absolute Gasteiger partial charge is 0.324 e. The van der Waals surface area contributed by atoms with Crippen molar-refractivity contribution in [2.75, 3.05) is 13.1 Å². The van der Waals surface area contributed by atoms with Gasteiger partial charge in [0.05, 0.1) is 5.25 Å². The second kappa shape index (κ2) is 6.10. The number of rotatable bonds is 4. The Morgan fingerprint density at radius 2 is 2.21 bits per heavy atom. The van der Waals surface area contributed by atoms with Gasteiger partial charge in [0.25, 0.3) is 0 Å². The Kier molecular flexibility index (Phi) is 4.47. The van der Waals surface area contributed by atoms with Gasteiger partial charge in [-0.1, -0.05) is 24.3 Å². The van der Waals surface area contributed by atoms with Gasteiger partial charge < -0.3 is 5.32 Å². The van der Waals surface area contributed by atoms with Gasteiger partial charge in [-0.15, -0.1) is 11.8 Å². The quantitative estimate of drug-likeness (QED) is 0.918. The molecule has 1 atom stereocenters. The number of hydrogen-bond donors (Lipinski definition) is 1. The van der Waals surface area contributed by atoms with E-state index in [-0.39, 0.29) is 17.2 Å². The number of carbonyl (C=O) groups is 2. The monoisotopic (exact) mass is 278 g/mol. The number of imide groups is 1. The maximum atomic E-state index is 12.1. The summed E-state index contributed by atoms with van der Waals surface area (Å²) in [5.74, 6) is 0.684. The first-order valence-corrected chi connectivity index (χ1v) is 7.40. The Labute approximate surface area is 117 Å². The first kappa shape index (κ1) is 13.9. The van der Waals surface area contributed by atoms with Gasteiger partial charge in [-0.2, -0.15) is 0 Å². The van der Waals surface area contributed by atoms with E-state index in [1.807, 2.05) is 19.1 Å². The lowest BCUT2D eigenvalue weighted by molar-refractivity contribution is -0.126. The SMILES string of the molecule is Cc1ccccc1CS[C@H](C)C(=O)N1CCNC1=O. The number of thioether (sulfide) groups is 1. The zero-order valence-electron chi connectivity index (χ0n) is 11.2. The molecule has 0 saturated carbocycles. The van der Waals surface area contributed by atoms with Gasteiger partial charge in [0, 0.05) is 18.8 Å². The highest BCUT2D eigenvalue weighted by atomic mass is 32.2. The molecule has 4 nitrogen and oxygen atoms in total.